The molecule has 0 aliphatic heterocycles. The van der Waals surface area contributed by atoms with Crippen LogP contribution < -0.4 is 0 Å². The van der Waals surface area contributed by atoms with Gasteiger partial charge in [0, 0.05) is 119 Å². The first kappa shape index (κ1) is 76.8. The topological polar surface area (TPSA) is 29.6 Å². The number of hydrogen-bond donors (Lipinski definition) is 0. The Labute approximate surface area is 771 Å². The number of hydrogen-bond acceptors (Lipinski definition) is 1. The van der Waals surface area contributed by atoms with Gasteiger partial charge in [0.15, 0.2) is 0 Å². The molecular formula is C126H82N6S. The van der Waals surface area contributed by atoms with Crippen molar-refractivity contribution in [3.63, 3.8) is 0 Å². The van der Waals surface area contributed by atoms with Gasteiger partial charge in [0.2, 0.25) is 0 Å². The van der Waals surface area contributed by atoms with E-state index in [-0.39, 0.29) is 0 Å². The number of fused-ring (bicyclic) bond motifs is 23. The number of rotatable bonds is 11. The number of nitrogens with zero attached hydrogens (tertiary/aromatic N) is 6. The zero-order chi connectivity index (χ0) is 87.6. The van der Waals surface area contributed by atoms with Crippen molar-refractivity contribution in [3.8, 4) is 89.8 Å². The minimum Gasteiger partial charge on any atom is -0.309 e. The van der Waals surface area contributed by atoms with Gasteiger partial charge in [0.25, 0.3) is 0 Å². The lowest BCUT2D eigenvalue weighted by Gasteiger charge is -2.14. The summed E-state index contributed by atoms with van der Waals surface area (Å²) < 4.78 is 17.3. The van der Waals surface area contributed by atoms with E-state index in [0.29, 0.717) is 0 Å². The predicted octanol–water partition coefficient (Wildman–Crippen LogP) is 34.3. The third-order valence-electron chi connectivity index (χ3n) is 27.1. The van der Waals surface area contributed by atoms with Crippen LogP contribution in [0.2, 0.25) is 0 Å². The summed E-state index contributed by atoms with van der Waals surface area (Å²) in [4.78, 5) is 0. The maximum atomic E-state index is 2.45. The highest BCUT2D eigenvalue weighted by Gasteiger charge is 2.26. The monoisotopic (exact) mass is 1710 g/mol. The Bertz CT molecular complexity index is 9350. The van der Waals surface area contributed by atoms with Crippen LogP contribution >= 0.6 is 11.3 Å². The maximum absolute atomic E-state index is 2.45. The largest absolute Gasteiger partial charge is 0.309 e. The molecule has 7 heteroatoms. The van der Waals surface area contributed by atoms with Crippen molar-refractivity contribution >= 4 is 162 Å². The molecule has 622 valence electrons. The Kier molecular flexibility index (Phi) is 18.4. The predicted molar refractivity (Wildman–Crippen MR) is 565 cm³/mol. The summed E-state index contributed by atoms with van der Waals surface area (Å²) in [5, 5.41) is 17.9. The molecule has 7 aromatic heterocycles. The number of thiophene rings is 1. The molecule has 0 radical (unpaired) electrons. The molecule has 0 unspecified atom stereocenters. The van der Waals surface area contributed by atoms with Gasteiger partial charge in [0.05, 0.1) is 66.2 Å². The van der Waals surface area contributed by atoms with Gasteiger partial charge in [-0.2, -0.15) is 0 Å². The molecule has 6 nitrogen and oxygen atoms in total. The van der Waals surface area contributed by atoms with E-state index >= 15 is 0 Å². The molecule has 0 aliphatic carbocycles. The molecule has 0 fully saturated rings. The lowest BCUT2D eigenvalue weighted by atomic mass is 9.98. The molecule has 133 heavy (non-hydrogen) atoms. The molecule has 28 rings (SSSR count). The van der Waals surface area contributed by atoms with E-state index < -0.39 is 0 Å². The van der Waals surface area contributed by atoms with E-state index in [0.717, 1.165) is 28.4 Å². The Balaban J connectivity index is 0.000000104. The number of para-hydroxylation sites is 8. The van der Waals surface area contributed by atoms with Crippen LogP contribution in [0.15, 0.2) is 497 Å². The van der Waals surface area contributed by atoms with Crippen LogP contribution in [-0.4, -0.2) is 27.4 Å². The third kappa shape index (κ3) is 12.8. The summed E-state index contributed by atoms with van der Waals surface area (Å²) in [6.45, 7) is 0. The van der Waals surface area contributed by atoms with Gasteiger partial charge in [-0.15, -0.1) is 11.3 Å². The van der Waals surface area contributed by atoms with Gasteiger partial charge in [0.1, 0.15) is 0 Å². The molecule has 0 N–H and O–H groups in total. The van der Waals surface area contributed by atoms with E-state index in [9.17, 15) is 0 Å². The summed E-state index contributed by atoms with van der Waals surface area (Å²) in [6, 6.07) is 180. The molecule has 0 amide bonds. The van der Waals surface area contributed by atoms with Crippen molar-refractivity contribution in [1.82, 2.24) is 27.4 Å². The maximum Gasteiger partial charge on any atom is 0.0641 e. The summed E-state index contributed by atoms with van der Waals surface area (Å²) >= 11 is 1.88. The van der Waals surface area contributed by atoms with E-state index in [4.69, 9.17) is 0 Å². The van der Waals surface area contributed by atoms with Crippen molar-refractivity contribution in [1.29, 1.82) is 0 Å². The number of aromatic nitrogens is 6. The average molecular weight is 1710 g/mol. The highest BCUT2D eigenvalue weighted by Crippen LogP contribution is 2.49. The van der Waals surface area contributed by atoms with Gasteiger partial charge in [-0.25, -0.2) is 0 Å². The van der Waals surface area contributed by atoms with Crippen LogP contribution in [-0.2, 0) is 0 Å². The van der Waals surface area contributed by atoms with Crippen molar-refractivity contribution in [2.45, 2.75) is 0 Å². The molecule has 0 saturated heterocycles. The van der Waals surface area contributed by atoms with Crippen molar-refractivity contribution < 1.29 is 0 Å². The van der Waals surface area contributed by atoms with Crippen LogP contribution in [0.3, 0.4) is 0 Å². The molecule has 7 heterocycles. The Morgan fingerprint density at radius 2 is 0.451 bits per heavy atom. The van der Waals surface area contributed by atoms with Crippen LogP contribution in [0.5, 0.6) is 0 Å². The molecular weight excluding hydrogens is 1630 g/mol. The lowest BCUT2D eigenvalue weighted by molar-refractivity contribution is 1.16. The van der Waals surface area contributed by atoms with Crippen LogP contribution in [0.25, 0.3) is 241 Å². The molecule has 0 atom stereocenters. The SMILES string of the molecule is c1ccc(-c2cc(-c3ccccc3)cc(-n3c4ccccc4c4cc5c6ccccc6n(-c6ccccc6)c5cc43)c2)cc1.c1ccc(-c2ccc(-n3c4ccccc4c4c5c6ccccc6n(-c6cccc(-c7ccccc7)c6)c5ccc43)cc2)cc1.c1ccc(-n2c3ccccc3c3ccc4c(c5ccccc5n4-c4ccc(-c5cccc6c5sc5ccccc56)cc4)c32)cc1. The smallest absolute Gasteiger partial charge is 0.0641 e. The fraction of sp³-hybridized carbons (Fsp3) is 0. The van der Waals surface area contributed by atoms with E-state index in [2.05, 4.69) is 525 Å². The molecule has 0 spiro atoms. The highest BCUT2D eigenvalue weighted by molar-refractivity contribution is 7.26. The summed E-state index contributed by atoms with van der Waals surface area (Å²) in [7, 11) is 0. The van der Waals surface area contributed by atoms with Gasteiger partial charge in [-0.3, -0.25) is 0 Å². The van der Waals surface area contributed by atoms with Gasteiger partial charge in [-0.05, 0) is 207 Å². The Morgan fingerprint density at radius 3 is 0.962 bits per heavy atom. The normalized spacial score (nSPS) is 11.8. The van der Waals surface area contributed by atoms with E-state index in [1.54, 1.807) is 0 Å². The van der Waals surface area contributed by atoms with Gasteiger partial charge >= 0.3 is 0 Å². The van der Waals surface area contributed by atoms with E-state index in [1.807, 2.05) is 11.3 Å². The molecule has 0 saturated carbocycles. The molecule has 21 aromatic carbocycles. The average Bonchev–Trinajstić information content (AvgIpc) is 1.56. The number of benzene rings is 21. The van der Waals surface area contributed by atoms with Crippen molar-refractivity contribution in [3.05, 3.63) is 497 Å². The van der Waals surface area contributed by atoms with E-state index in [1.165, 1.54) is 212 Å². The van der Waals surface area contributed by atoms with Gasteiger partial charge < -0.3 is 27.4 Å². The summed E-state index contributed by atoms with van der Waals surface area (Å²) in [6.07, 6.45) is 0. The van der Waals surface area contributed by atoms with Crippen LogP contribution in [0.1, 0.15) is 0 Å². The first-order valence-corrected chi connectivity index (χ1v) is 46.4. The molecule has 28 aromatic rings. The third-order valence-corrected chi connectivity index (χ3v) is 28.3. The second kappa shape index (κ2) is 31.8. The van der Waals surface area contributed by atoms with Crippen molar-refractivity contribution in [2.75, 3.05) is 0 Å². The summed E-state index contributed by atoms with van der Waals surface area (Å²) in [5.41, 5.74) is 33.8. The molecule has 0 aliphatic rings. The molecule has 0 bridgehead atoms. The van der Waals surface area contributed by atoms with Gasteiger partial charge in [-0.1, -0.05) is 346 Å². The van der Waals surface area contributed by atoms with Crippen LogP contribution in [0.4, 0.5) is 0 Å². The second-order valence-corrected chi connectivity index (χ2v) is 35.6. The standard InChI is InChI=1S/C42H26N2S.2C42H28N2/c1-2-11-28(12-3-1)44-36-18-7-4-13-31(36)33-25-26-38-40(41(33)44)35-15-5-8-19-37(35)43(38)29-23-21-27(22-24-29)30-16-10-17-34-32-14-6-9-20-39(32)45-42(30)34;1-4-14-29(15-5-1)31-24-32(30-16-6-2-7-17-30)26-34(25-31)44-40-23-13-11-21-36(40)38-27-37-35-20-10-12-22-39(35)43(41(37)28-42(38)44)33-18-8-3-9-19-33;1-3-12-29(13-4-1)31-22-24-33(25-23-31)43-37-20-9-7-18-35(37)41-39(43)26-27-40-42(41)36-19-8-10-21-38(36)44(40)34-17-11-16-32(28-34)30-14-5-2-6-15-30/h1-26H;2*1-28H. The Morgan fingerprint density at radius 1 is 0.135 bits per heavy atom. The zero-order valence-electron chi connectivity index (χ0n) is 72.4. The summed E-state index contributed by atoms with van der Waals surface area (Å²) in [5.74, 6) is 0. The lowest BCUT2D eigenvalue weighted by Crippen LogP contribution is -1.97. The minimum atomic E-state index is 1.15. The zero-order valence-corrected chi connectivity index (χ0v) is 73.3. The Hall–Kier alpha value is -17.4. The van der Waals surface area contributed by atoms with Crippen LogP contribution in [0, 0.1) is 0 Å². The first-order valence-electron chi connectivity index (χ1n) is 45.6. The first-order chi connectivity index (χ1) is 66.0. The second-order valence-electron chi connectivity index (χ2n) is 34.5. The quantitative estimate of drug-likeness (QED) is 0.124. The van der Waals surface area contributed by atoms with Crippen molar-refractivity contribution in [2.24, 2.45) is 0 Å². The minimum absolute atomic E-state index is 1.15. The fourth-order valence-electron chi connectivity index (χ4n) is 21.3. The highest BCUT2D eigenvalue weighted by atomic mass is 32.1. The fourth-order valence-corrected chi connectivity index (χ4v) is 22.5.